The molecule has 1 saturated heterocycles. The minimum Gasteiger partial charge on any atom is -0.508 e. The van der Waals surface area contributed by atoms with Crippen LogP contribution < -0.4 is 43.8 Å². The Morgan fingerprint density at radius 1 is 0.649 bits per heavy atom. The smallest absolute Gasteiger partial charge is 0.322 e. The van der Waals surface area contributed by atoms with Gasteiger partial charge in [-0.2, -0.15) is 0 Å². The van der Waals surface area contributed by atoms with Crippen molar-refractivity contribution in [1.29, 1.82) is 0 Å². The first kappa shape index (κ1) is 60.1. The summed E-state index contributed by atoms with van der Waals surface area (Å²) >= 11 is 0. The first-order valence-electron chi connectivity index (χ1n) is 25.5. The molecule has 22 heteroatoms. The second-order valence-corrected chi connectivity index (χ2v) is 19.1. The summed E-state index contributed by atoms with van der Waals surface area (Å²) in [5.41, 5.74) is 22.3. The summed E-state index contributed by atoms with van der Waals surface area (Å²) in [5, 5.41) is 52.2. The van der Waals surface area contributed by atoms with Crippen LogP contribution in [0.15, 0.2) is 103 Å². The standard InChI is InChI=1S/C55H71N9O13/c1-32(65)47(54(74)64-26-8-12-45(64)52(72)60-43(11-6-7-25-56)50(70)63-48(53(73)59-30-46(67)68)33(2)77-31-37-9-4-3-5-10-37)62-51(71)44(29-36-17-23-40(66)24-18-36)61-49(69)41(57)27-34-13-19-38(20-14-34)39-21-15-35(16-22-39)28-42(58)55(75)76/h3-5,9-10,13-24,32-33,41-45,47-48,65-66H,6-8,11-12,25-31,56-58H2,1-2H3,(H,59,73)(H,60,72)(H,61,69)(H,62,71)(H,63,70)(H,67,68)(H,75,76)/t32-,33-,41+,42+,43+,44+,45+,47+,48+/m1/s1. The van der Waals surface area contributed by atoms with Gasteiger partial charge in [-0.05, 0) is 111 Å². The molecule has 0 bridgehead atoms. The number of benzene rings is 4. The molecule has 1 aliphatic heterocycles. The monoisotopic (exact) mass is 1070 g/mol. The van der Waals surface area contributed by atoms with Crippen molar-refractivity contribution in [1.82, 2.24) is 31.5 Å². The predicted octanol–water partition coefficient (Wildman–Crippen LogP) is 0.372. The van der Waals surface area contributed by atoms with E-state index >= 15 is 0 Å². The lowest BCUT2D eigenvalue weighted by atomic mass is 9.98. The highest BCUT2D eigenvalue weighted by atomic mass is 16.5. The number of aliphatic carboxylic acids is 2. The molecule has 1 heterocycles. The zero-order valence-corrected chi connectivity index (χ0v) is 43.1. The van der Waals surface area contributed by atoms with E-state index in [1.165, 1.54) is 30.9 Å². The van der Waals surface area contributed by atoms with Gasteiger partial charge >= 0.3 is 11.9 Å². The molecule has 9 atom stereocenters. The van der Waals surface area contributed by atoms with Gasteiger partial charge in [-0.15, -0.1) is 0 Å². The Balaban J connectivity index is 1.27. The van der Waals surface area contributed by atoms with Crippen molar-refractivity contribution >= 4 is 47.4 Å². The van der Waals surface area contributed by atoms with Gasteiger partial charge < -0.3 is 73.8 Å². The maximum absolute atomic E-state index is 14.4. The lowest BCUT2D eigenvalue weighted by Gasteiger charge is -2.32. The lowest BCUT2D eigenvalue weighted by molar-refractivity contribution is -0.145. The molecule has 4 aromatic carbocycles. The van der Waals surface area contributed by atoms with Crippen LogP contribution in [0.2, 0.25) is 0 Å². The molecule has 6 amide bonds. The van der Waals surface area contributed by atoms with Gasteiger partial charge in [0.2, 0.25) is 35.4 Å². The van der Waals surface area contributed by atoms with E-state index in [9.17, 15) is 53.7 Å². The Morgan fingerprint density at radius 3 is 1.78 bits per heavy atom. The third kappa shape index (κ3) is 18.5. The van der Waals surface area contributed by atoms with Crippen LogP contribution in [0.25, 0.3) is 11.1 Å². The van der Waals surface area contributed by atoms with Crippen LogP contribution >= 0.6 is 0 Å². The van der Waals surface area contributed by atoms with Gasteiger partial charge in [-0.25, -0.2) is 0 Å². The SMILES string of the molecule is C[C@@H](O)[C@H](NC(=O)[C@H](Cc1ccc(O)cc1)NC(=O)[C@@H](N)Cc1ccc(-c2ccc(C[C@H](N)C(=O)O)cc2)cc1)C(=O)N1CCC[C@H]1C(=O)N[C@@H](CCCCN)C(=O)N[C@H](C(=O)NCC(=O)O)[C@@H](C)OCc1ccccc1. The maximum atomic E-state index is 14.4. The van der Waals surface area contributed by atoms with Crippen molar-refractivity contribution < 1.29 is 63.5 Å². The fourth-order valence-corrected chi connectivity index (χ4v) is 8.68. The fourth-order valence-electron chi connectivity index (χ4n) is 8.68. The van der Waals surface area contributed by atoms with E-state index in [0.29, 0.717) is 30.4 Å². The quantitative estimate of drug-likeness (QED) is 0.0327. The Labute approximate surface area is 446 Å². The van der Waals surface area contributed by atoms with Crippen molar-refractivity contribution in [3.63, 3.8) is 0 Å². The third-order valence-electron chi connectivity index (χ3n) is 13.1. The zero-order valence-electron chi connectivity index (χ0n) is 43.1. The predicted molar refractivity (Wildman–Crippen MR) is 283 cm³/mol. The van der Waals surface area contributed by atoms with E-state index in [4.69, 9.17) is 27.0 Å². The van der Waals surface area contributed by atoms with Crippen LogP contribution in [-0.4, -0.2) is 147 Å². The van der Waals surface area contributed by atoms with Crippen LogP contribution in [0, 0.1) is 0 Å². The molecule has 0 unspecified atom stereocenters. The second-order valence-electron chi connectivity index (χ2n) is 19.1. The molecule has 0 aliphatic carbocycles. The summed E-state index contributed by atoms with van der Waals surface area (Å²) in [6.07, 6.45) is -0.946. The molecule has 15 N–H and O–H groups in total. The molecule has 1 fully saturated rings. The molecule has 77 heavy (non-hydrogen) atoms. The van der Waals surface area contributed by atoms with Gasteiger partial charge in [0.1, 0.15) is 48.5 Å². The van der Waals surface area contributed by atoms with Crippen LogP contribution in [0.5, 0.6) is 5.75 Å². The zero-order chi connectivity index (χ0) is 56.2. The Morgan fingerprint density at radius 2 is 1.21 bits per heavy atom. The number of nitrogens with one attached hydrogen (secondary N) is 5. The summed E-state index contributed by atoms with van der Waals surface area (Å²) in [6.45, 7) is 2.46. The number of carbonyl (C=O) groups excluding carboxylic acids is 6. The number of nitrogens with two attached hydrogens (primary N) is 3. The largest absolute Gasteiger partial charge is 0.508 e. The molecule has 0 spiro atoms. The average Bonchev–Trinajstić information content (AvgIpc) is 3.91. The average molecular weight is 1070 g/mol. The highest BCUT2D eigenvalue weighted by Crippen LogP contribution is 2.23. The minimum absolute atomic E-state index is 0.0425. The highest BCUT2D eigenvalue weighted by Gasteiger charge is 2.41. The number of aliphatic hydroxyl groups excluding tert-OH is 1. The number of carboxylic acids is 2. The topological polar surface area (TPSA) is 368 Å². The number of nitrogens with zero attached hydrogens (tertiary/aromatic N) is 1. The Kier molecular flexibility index (Phi) is 23.0. The number of likely N-dealkylation sites (tertiary alicyclic amines) is 1. The van der Waals surface area contributed by atoms with Crippen molar-refractivity contribution in [2.45, 2.75) is 126 Å². The maximum Gasteiger partial charge on any atom is 0.322 e. The molecule has 0 aromatic heterocycles. The number of rotatable bonds is 29. The summed E-state index contributed by atoms with van der Waals surface area (Å²) in [5.74, 6) is -7.19. The van der Waals surface area contributed by atoms with Gasteiger partial charge in [0, 0.05) is 13.0 Å². The van der Waals surface area contributed by atoms with Crippen LogP contribution in [-0.2, 0) is 69.0 Å². The van der Waals surface area contributed by atoms with Crippen molar-refractivity contribution in [3.8, 4) is 16.9 Å². The number of carbonyl (C=O) groups is 8. The number of phenolic OH excluding ortho intramolecular Hbond substituents is 1. The lowest BCUT2D eigenvalue weighted by Crippen LogP contribution is -2.62. The van der Waals surface area contributed by atoms with E-state index in [-0.39, 0.29) is 57.6 Å². The summed E-state index contributed by atoms with van der Waals surface area (Å²) in [4.78, 5) is 108. The van der Waals surface area contributed by atoms with Crippen LogP contribution in [0.3, 0.4) is 0 Å². The molecule has 0 saturated carbocycles. The van der Waals surface area contributed by atoms with Gasteiger partial charge in [-0.3, -0.25) is 38.4 Å². The number of ether oxygens (including phenoxy) is 1. The van der Waals surface area contributed by atoms with E-state index in [0.717, 1.165) is 22.3 Å². The first-order valence-corrected chi connectivity index (χ1v) is 25.5. The Bertz CT molecular complexity index is 2620. The normalized spacial score (nSPS) is 16.3. The third-order valence-corrected chi connectivity index (χ3v) is 13.1. The number of unbranched alkanes of at least 4 members (excludes halogenated alkanes) is 1. The Hall–Kier alpha value is -7.76. The number of amides is 6. The fraction of sp³-hybridized carbons (Fsp3) is 0.418. The van der Waals surface area contributed by atoms with E-state index in [1.807, 2.05) is 30.3 Å². The van der Waals surface area contributed by atoms with Crippen molar-refractivity contribution in [2.75, 3.05) is 19.6 Å². The second kappa shape index (κ2) is 29.5. The number of carboxylic acid groups (broad SMARTS) is 2. The van der Waals surface area contributed by atoms with E-state index in [1.54, 1.807) is 60.7 Å². The molecule has 5 rings (SSSR count). The number of aromatic hydroxyl groups is 1. The highest BCUT2D eigenvalue weighted by molar-refractivity contribution is 5.97. The summed E-state index contributed by atoms with van der Waals surface area (Å²) < 4.78 is 5.93. The molecular formula is C55H71N9O13. The first-order chi connectivity index (χ1) is 36.7. The van der Waals surface area contributed by atoms with Gasteiger partial charge in [0.05, 0.1) is 24.9 Å². The van der Waals surface area contributed by atoms with Crippen molar-refractivity contribution in [2.24, 2.45) is 17.2 Å². The number of hydrogen-bond donors (Lipinski definition) is 12. The van der Waals surface area contributed by atoms with Gasteiger partial charge in [-0.1, -0.05) is 91.0 Å². The number of aliphatic hydroxyl groups is 1. The molecular weight excluding hydrogens is 995 g/mol. The van der Waals surface area contributed by atoms with Crippen LogP contribution in [0.4, 0.5) is 0 Å². The van der Waals surface area contributed by atoms with Gasteiger partial charge in [0.15, 0.2) is 0 Å². The minimum atomic E-state index is -1.62. The van der Waals surface area contributed by atoms with E-state index in [2.05, 4.69) is 26.6 Å². The molecule has 22 nitrogen and oxygen atoms in total. The summed E-state index contributed by atoms with van der Waals surface area (Å²) in [7, 11) is 0. The number of hydrogen-bond acceptors (Lipinski definition) is 14. The molecule has 414 valence electrons. The van der Waals surface area contributed by atoms with E-state index < -0.39 is 108 Å². The molecule has 1 aliphatic rings. The van der Waals surface area contributed by atoms with Crippen molar-refractivity contribution in [3.05, 3.63) is 125 Å². The summed E-state index contributed by atoms with van der Waals surface area (Å²) in [6, 6.07) is 20.5. The van der Waals surface area contributed by atoms with Gasteiger partial charge in [0.25, 0.3) is 0 Å². The molecule has 0 radical (unpaired) electrons. The number of phenols is 1. The van der Waals surface area contributed by atoms with Crippen LogP contribution in [0.1, 0.15) is 68.2 Å². The molecule has 4 aromatic rings.